The molecule has 1 atom stereocenters. The molecule has 1 aliphatic rings. The van der Waals surface area contributed by atoms with Crippen molar-refractivity contribution in [3.8, 4) is 0 Å². The van der Waals surface area contributed by atoms with Gasteiger partial charge in [-0.2, -0.15) is 0 Å². The summed E-state index contributed by atoms with van der Waals surface area (Å²) in [4.78, 5) is 30.8. The Morgan fingerprint density at radius 3 is 2.77 bits per heavy atom. The molecule has 0 spiro atoms. The van der Waals surface area contributed by atoms with Crippen molar-refractivity contribution in [3.63, 3.8) is 0 Å². The number of amides is 1. The van der Waals surface area contributed by atoms with Crippen LogP contribution in [-0.4, -0.2) is 47.7 Å². The molecule has 2 heterocycles. The zero-order chi connectivity index (χ0) is 21.9. The van der Waals surface area contributed by atoms with Gasteiger partial charge in [-0.25, -0.2) is 9.59 Å². The number of pyridine rings is 1. The fraction of sp³-hybridized carbons (Fsp3) is 0.409. The topological polar surface area (TPSA) is 80.8 Å². The minimum atomic E-state index is -0.587. The Kier molecular flexibility index (Phi) is 6.65. The van der Waals surface area contributed by atoms with E-state index in [0.29, 0.717) is 24.3 Å². The van der Waals surface area contributed by atoms with Crippen LogP contribution in [0.4, 0.5) is 10.5 Å². The van der Waals surface area contributed by atoms with Crippen LogP contribution in [0.25, 0.3) is 0 Å². The Bertz CT molecular complexity index is 942. The first-order valence-electron chi connectivity index (χ1n) is 9.74. The number of halogens is 1. The molecule has 0 saturated carbocycles. The second-order valence-corrected chi connectivity index (χ2v) is 8.99. The van der Waals surface area contributed by atoms with E-state index in [4.69, 9.17) is 9.47 Å². The fourth-order valence-electron chi connectivity index (χ4n) is 3.47. The van der Waals surface area contributed by atoms with Gasteiger partial charge in [0.05, 0.1) is 30.6 Å². The minimum absolute atomic E-state index is 0.262. The van der Waals surface area contributed by atoms with Gasteiger partial charge in [0, 0.05) is 23.8 Å². The van der Waals surface area contributed by atoms with Gasteiger partial charge in [0.1, 0.15) is 5.60 Å². The van der Waals surface area contributed by atoms with Crippen molar-refractivity contribution in [3.05, 3.63) is 57.8 Å². The number of rotatable bonds is 4. The van der Waals surface area contributed by atoms with Gasteiger partial charge in [-0.15, -0.1) is 0 Å². The van der Waals surface area contributed by atoms with Crippen molar-refractivity contribution in [1.29, 1.82) is 0 Å². The molecule has 1 aromatic carbocycles. The number of nitrogens with one attached hydrogen (secondary N) is 1. The molecule has 3 rings (SSSR count). The maximum absolute atomic E-state index is 12.9. The largest absolute Gasteiger partial charge is 0.465 e. The van der Waals surface area contributed by atoms with Crippen molar-refractivity contribution in [2.75, 3.05) is 25.5 Å². The van der Waals surface area contributed by atoms with Gasteiger partial charge in [-0.1, -0.05) is 22.0 Å². The molecule has 160 valence electrons. The predicted octanol–water partition coefficient (Wildman–Crippen LogP) is 4.58. The zero-order valence-electron chi connectivity index (χ0n) is 17.6. The number of carbonyl (C=O) groups excluding carboxylic acids is 2. The number of fused-ring (bicyclic) bond motifs is 1. The van der Waals surface area contributed by atoms with Crippen LogP contribution in [0.5, 0.6) is 0 Å². The molecule has 1 amide bonds. The quantitative estimate of drug-likeness (QED) is 0.651. The van der Waals surface area contributed by atoms with Crippen LogP contribution in [0.1, 0.15) is 48.3 Å². The van der Waals surface area contributed by atoms with E-state index < -0.39 is 11.6 Å². The number of carbonyl (C=O) groups is 2. The van der Waals surface area contributed by atoms with E-state index in [1.54, 1.807) is 17.2 Å². The van der Waals surface area contributed by atoms with Crippen molar-refractivity contribution in [1.82, 2.24) is 9.88 Å². The second-order valence-electron chi connectivity index (χ2n) is 8.08. The third-order valence-corrected chi connectivity index (χ3v) is 5.30. The third-order valence-electron chi connectivity index (χ3n) is 4.80. The maximum Gasteiger partial charge on any atom is 0.410 e. The summed E-state index contributed by atoms with van der Waals surface area (Å²) in [5.41, 5.74) is 2.58. The average Bonchev–Trinajstić information content (AvgIpc) is 2.70. The average molecular weight is 476 g/mol. The minimum Gasteiger partial charge on any atom is -0.465 e. The molecule has 8 heteroatoms. The van der Waals surface area contributed by atoms with Crippen molar-refractivity contribution in [2.24, 2.45) is 0 Å². The first-order chi connectivity index (χ1) is 14.2. The molecule has 0 aliphatic carbocycles. The Morgan fingerprint density at radius 1 is 1.30 bits per heavy atom. The number of methoxy groups -OCH3 is 1. The number of esters is 1. The van der Waals surface area contributed by atoms with E-state index in [9.17, 15) is 9.59 Å². The van der Waals surface area contributed by atoms with E-state index in [2.05, 4.69) is 32.3 Å². The molecule has 30 heavy (non-hydrogen) atoms. The molecular formula is C22H26BrN3O4. The van der Waals surface area contributed by atoms with Crippen LogP contribution in [0.15, 0.2) is 41.1 Å². The van der Waals surface area contributed by atoms with Gasteiger partial charge in [0.2, 0.25) is 0 Å². The van der Waals surface area contributed by atoms with Crippen LogP contribution in [0.2, 0.25) is 0 Å². The van der Waals surface area contributed by atoms with Gasteiger partial charge in [0.25, 0.3) is 0 Å². The summed E-state index contributed by atoms with van der Waals surface area (Å²) >= 11 is 3.52. The van der Waals surface area contributed by atoms with E-state index >= 15 is 0 Å². The smallest absolute Gasteiger partial charge is 0.410 e. The van der Waals surface area contributed by atoms with Crippen molar-refractivity contribution < 1.29 is 19.1 Å². The summed E-state index contributed by atoms with van der Waals surface area (Å²) < 4.78 is 11.5. The van der Waals surface area contributed by atoms with E-state index in [0.717, 1.165) is 16.5 Å². The van der Waals surface area contributed by atoms with E-state index in [-0.39, 0.29) is 12.1 Å². The fourth-order valence-corrected chi connectivity index (χ4v) is 3.88. The molecule has 0 unspecified atom stereocenters. The molecular weight excluding hydrogens is 450 g/mol. The van der Waals surface area contributed by atoms with E-state index in [1.165, 1.54) is 18.9 Å². The summed E-state index contributed by atoms with van der Waals surface area (Å²) in [7, 11) is 1.34. The van der Waals surface area contributed by atoms with Crippen molar-refractivity contribution >= 4 is 33.7 Å². The van der Waals surface area contributed by atoms with Gasteiger partial charge < -0.3 is 14.8 Å². The number of hydrogen-bond acceptors (Lipinski definition) is 6. The van der Waals surface area contributed by atoms with Crippen LogP contribution < -0.4 is 5.32 Å². The molecule has 2 aromatic rings. The van der Waals surface area contributed by atoms with Gasteiger partial charge >= 0.3 is 12.1 Å². The summed E-state index contributed by atoms with van der Waals surface area (Å²) in [6.45, 7) is 6.49. The van der Waals surface area contributed by atoms with Gasteiger partial charge in [0.15, 0.2) is 0 Å². The maximum atomic E-state index is 12.9. The molecule has 7 nitrogen and oxygen atoms in total. The highest BCUT2D eigenvalue weighted by molar-refractivity contribution is 9.10. The molecule has 1 N–H and O–H groups in total. The SMILES string of the molecule is COC(=O)c1ccncc1NC[C@@H]1c2ccc(Br)cc2CCN1C(=O)OC(C)(C)C. The monoisotopic (exact) mass is 475 g/mol. The summed E-state index contributed by atoms with van der Waals surface area (Å²) in [5.74, 6) is -0.447. The summed E-state index contributed by atoms with van der Waals surface area (Å²) in [5, 5.41) is 3.28. The first-order valence-corrected chi connectivity index (χ1v) is 10.5. The molecule has 0 bridgehead atoms. The molecule has 1 aromatic heterocycles. The molecule has 0 radical (unpaired) electrons. The first kappa shape index (κ1) is 22.1. The van der Waals surface area contributed by atoms with Gasteiger partial charge in [-0.3, -0.25) is 9.88 Å². The number of anilines is 1. The molecule has 0 fully saturated rings. The summed E-state index contributed by atoms with van der Waals surface area (Å²) in [6, 6.07) is 7.41. The normalized spacial score (nSPS) is 15.9. The summed E-state index contributed by atoms with van der Waals surface area (Å²) in [6.07, 6.45) is 3.50. The Morgan fingerprint density at radius 2 is 2.07 bits per heavy atom. The van der Waals surface area contributed by atoms with E-state index in [1.807, 2.05) is 32.9 Å². The molecule has 0 saturated heterocycles. The Labute approximate surface area is 184 Å². The zero-order valence-corrected chi connectivity index (χ0v) is 19.2. The lowest BCUT2D eigenvalue weighted by molar-refractivity contribution is 0.0153. The van der Waals surface area contributed by atoms with Crippen molar-refractivity contribution in [2.45, 2.75) is 38.8 Å². The lowest BCUT2D eigenvalue weighted by atomic mass is 9.92. The lowest BCUT2D eigenvalue weighted by Gasteiger charge is -2.38. The van der Waals surface area contributed by atoms with Crippen LogP contribution >= 0.6 is 15.9 Å². The number of hydrogen-bond donors (Lipinski definition) is 1. The van der Waals surface area contributed by atoms with Crippen LogP contribution in [0, 0.1) is 0 Å². The third kappa shape index (κ3) is 5.11. The highest BCUT2D eigenvalue weighted by atomic mass is 79.9. The number of ether oxygens (including phenoxy) is 2. The second kappa shape index (κ2) is 9.04. The number of nitrogens with zero attached hydrogens (tertiary/aromatic N) is 2. The highest BCUT2D eigenvalue weighted by Crippen LogP contribution is 2.33. The molecule has 1 aliphatic heterocycles. The van der Waals surface area contributed by atoms with Crippen LogP contribution in [-0.2, 0) is 15.9 Å². The number of benzene rings is 1. The highest BCUT2D eigenvalue weighted by Gasteiger charge is 2.33. The Hall–Kier alpha value is -2.61. The van der Waals surface area contributed by atoms with Gasteiger partial charge in [-0.05, 0) is 56.5 Å². The lowest BCUT2D eigenvalue weighted by Crippen LogP contribution is -2.45. The Balaban J connectivity index is 1.90. The number of aromatic nitrogens is 1. The standard InChI is InChI=1S/C22H26BrN3O4/c1-22(2,3)30-21(28)26-10-8-14-11-15(23)5-6-16(14)19(26)13-25-18-12-24-9-7-17(18)20(27)29-4/h5-7,9,11-12,19,25H,8,10,13H2,1-4H3/t19-/m1/s1. The predicted molar refractivity (Wildman–Crippen MR) is 118 cm³/mol. The van der Waals surface area contributed by atoms with Crippen LogP contribution in [0.3, 0.4) is 0 Å².